The van der Waals surface area contributed by atoms with Crippen molar-refractivity contribution < 1.29 is 5.11 Å². The molecule has 0 aliphatic carbocycles. The molecule has 1 heterocycles. The molecule has 0 radical (unpaired) electrons. The number of aliphatic hydroxyl groups is 1. The third-order valence-electron chi connectivity index (χ3n) is 1.22. The van der Waals surface area contributed by atoms with Gasteiger partial charge < -0.3 is 5.11 Å². The molecule has 0 aliphatic heterocycles. The van der Waals surface area contributed by atoms with Crippen molar-refractivity contribution in [3.63, 3.8) is 0 Å². The first-order valence-electron chi connectivity index (χ1n) is 3.84. The van der Waals surface area contributed by atoms with Gasteiger partial charge in [0.25, 0.3) is 0 Å². The summed E-state index contributed by atoms with van der Waals surface area (Å²) in [6.45, 7) is 3.24. The number of hydrogen-bond acceptors (Lipinski definition) is 2. The highest BCUT2D eigenvalue weighted by molar-refractivity contribution is 6.30. The van der Waals surface area contributed by atoms with Gasteiger partial charge in [-0.15, -0.1) is 0 Å². The van der Waals surface area contributed by atoms with Crippen molar-refractivity contribution >= 4 is 11.6 Å². The highest BCUT2D eigenvalue weighted by atomic mass is 35.5. The van der Waals surface area contributed by atoms with E-state index in [1.165, 1.54) is 6.20 Å². The zero-order valence-electron chi connectivity index (χ0n) is 7.50. The average Bonchev–Trinajstić information content (AvgIpc) is 2.02. The lowest BCUT2D eigenvalue weighted by molar-refractivity contribution is 0.143. The molecule has 68 valence electrons. The van der Waals surface area contributed by atoms with Crippen LogP contribution >= 0.6 is 11.6 Å². The molecule has 0 fully saturated rings. The molecule has 2 nitrogen and oxygen atoms in total. The topological polar surface area (TPSA) is 33.1 Å². The maximum absolute atomic E-state index is 9.31. The van der Waals surface area contributed by atoms with Crippen LogP contribution in [0.5, 0.6) is 0 Å². The van der Waals surface area contributed by atoms with E-state index in [4.69, 9.17) is 11.6 Å². The SMILES string of the molecule is CC(C)(O)C#Cc1ccc(Cl)cn1. The van der Waals surface area contributed by atoms with Gasteiger partial charge in [0.1, 0.15) is 11.3 Å². The van der Waals surface area contributed by atoms with Crippen LogP contribution in [0.1, 0.15) is 19.5 Å². The fourth-order valence-corrected chi connectivity index (χ4v) is 0.779. The Morgan fingerprint density at radius 2 is 2.15 bits per heavy atom. The number of nitrogens with zero attached hydrogens (tertiary/aromatic N) is 1. The van der Waals surface area contributed by atoms with Crippen molar-refractivity contribution in [2.45, 2.75) is 19.4 Å². The maximum atomic E-state index is 9.31. The van der Waals surface area contributed by atoms with Crippen molar-refractivity contribution in [2.24, 2.45) is 0 Å². The minimum absolute atomic E-state index is 0.578. The molecule has 1 aromatic heterocycles. The summed E-state index contributed by atoms with van der Waals surface area (Å²) in [6, 6.07) is 3.42. The van der Waals surface area contributed by atoms with E-state index in [1.807, 2.05) is 0 Å². The summed E-state index contributed by atoms with van der Waals surface area (Å²) in [5.74, 6) is 5.40. The summed E-state index contributed by atoms with van der Waals surface area (Å²) in [7, 11) is 0. The fourth-order valence-electron chi connectivity index (χ4n) is 0.667. The lowest BCUT2D eigenvalue weighted by Crippen LogP contribution is -2.14. The summed E-state index contributed by atoms with van der Waals surface area (Å²) < 4.78 is 0. The molecule has 0 saturated heterocycles. The standard InChI is InChI=1S/C10H10ClNO/c1-10(2,13)6-5-9-4-3-8(11)7-12-9/h3-4,7,13H,1-2H3. The Hall–Kier alpha value is -1.04. The van der Waals surface area contributed by atoms with E-state index in [1.54, 1.807) is 26.0 Å². The predicted octanol–water partition coefficient (Wildman–Crippen LogP) is 1.86. The fraction of sp³-hybridized carbons (Fsp3) is 0.300. The monoisotopic (exact) mass is 195 g/mol. The van der Waals surface area contributed by atoms with Gasteiger partial charge in [-0.3, -0.25) is 0 Å². The van der Waals surface area contributed by atoms with Gasteiger partial charge in [-0.1, -0.05) is 17.5 Å². The van der Waals surface area contributed by atoms with Crippen LogP contribution in [0.15, 0.2) is 18.3 Å². The number of aromatic nitrogens is 1. The lowest BCUT2D eigenvalue weighted by Gasteiger charge is -2.05. The van der Waals surface area contributed by atoms with E-state index in [0.717, 1.165) is 0 Å². The van der Waals surface area contributed by atoms with Gasteiger partial charge in [-0.2, -0.15) is 0 Å². The molecule has 0 aliphatic rings. The quantitative estimate of drug-likeness (QED) is 0.641. The molecule has 0 aromatic carbocycles. The highest BCUT2D eigenvalue weighted by Gasteiger charge is 2.05. The summed E-state index contributed by atoms with van der Waals surface area (Å²) >= 11 is 5.64. The van der Waals surface area contributed by atoms with Crippen LogP contribution in [0, 0.1) is 11.8 Å². The van der Waals surface area contributed by atoms with Crippen molar-refractivity contribution in [3.05, 3.63) is 29.0 Å². The molecule has 0 saturated carbocycles. The molecular formula is C10H10ClNO. The van der Waals surface area contributed by atoms with E-state index in [9.17, 15) is 5.11 Å². The molecule has 0 spiro atoms. The number of pyridine rings is 1. The Bertz CT molecular complexity index is 340. The second kappa shape index (κ2) is 3.78. The van der Waals surface area contributed by atoms with E-state index >= 15 is 0 Å². The molecule has 0 atom stereocenters. The molecule has 0 unspecified atom stereocenters. The van der Waals surface area contributed by atoms with E-state index in [0.29, 0.717) is 10.7 Å². The van der Waals surface area contributed by atoms with E-state index < -0.39 is 5.60 Å². The Kier molecular flexibility index (Phi) is 2.92. The third kappa shape index (κ3) is 3.93. The minimum atomic E-state index is -0.985. The molecule has 13 heavy (non-hydrogen) atoms. The van der Waals surface area contributed by atoms with Crippen LogP contribution in [0.3, 0.4) is 0 Å². The van der Waals surface area contributed by atoms with E-state index in [2.05, 4.69) is 16.8 Å². The summed E-state index contributed by atoms with van der Waals surface area (Å²) in [4.78, 5) is 3.96. The van der Waals surface area contributed by atoms with Crippen molar-refractivity contribution in [3.8, 4) is 11.8 Å². The smallest absolute Gasteiger partial charge is 0.120 e. The molecule has 1 rings (SSSR count). The van der Waals surface area contributed by atoms with Crippen LogP contribution in [0.4, 0.5) is 0 Å². The van der Waals surface area contributed by atoms with Gasteiger partial charge in [-0.05, 0) is 31.9 Å². The Morgan fingerprint density at radius 1 is 1.46 bits per heavy atom. The van der Waals surface area contributed by atoms with Gasteiger partial charge in [0.15, 0.2) is 0 Å². The molecule has 1 aromatic rings. The maximum Gasteiger partial charge on any atom is 0.120 e. The van der Waals surface area contributed by atoms with Crippen LogP contribution in [-0.2, 0) is 0 Å². The summed E-state index contributed by atoms with van der Waals surface area (Å²) in [6.07, 6.45) is 1.52. The Labute approximate surface area is 82.6 Å². The largest absolute Gasteiger partial charge is 0.378 e. The molecule has 0 amide bonds. The number of hydrogen-bond donors (Lipinski definition) is 1. The molecular weight excluding hydrogens is 186 g/mol. The third-order valence-corrected chi connectivity index (χ3v) is 1.45. The van der Waals surface area contributed by atoms with Crippen LogP contribution in [0.2, 0.25) is 5.02 Å². The van der Waals surface area contributed by atoms with E-state index in [-0.39, 0.29) is 0 Å². The molecule has 0 bridgehead atoms. The number of halogens is 1. The first-order valence-corrected chi connectivity index (χ1v) is 4.22. The molecule has 3 heteroatoms. The van der Waals surface area contributed by atoms with Crippen molar-refractivity contribution in [1.82, 2.24) is 4.98 Å². The lowest BCUT2D eigenvalue weighted by atomic mass is 10.1. The predicted molar refractivity (Wildman–Crippen MR) is 52.4 cm³/mol. The van der Waals surface area contributed by atoms with Crippen molar-refractivity contribution in [2.75, 3.05) is 0 Å². The number of rotatable bonds is 0. The first kappa shape index (κ1) is 10.0. The molecule has 1 N–H and O–H groups in total. The van der Waals surface area contributed by atoms with Crippen molar-refractivity contribution in [1.29, 1.82) is 0 Å². The average molecular weight is 196 g/mol. The van der Waals surface area contributed by atoms with Gasteiger partial charge >= 0.3 is 0 Å². The van der Waals surface area contributed by atoms with Gasteiger partial charge in [0, 0.05) is 6.20 Å². The first-order chi connectivity index (χ1) is 5.97. The zero-order valence-corrected chi connectivity index (χ0v) is 8.26. The Balaban J connectivity index is 2.85. The Morgan fingerprint density at radius 3 is 2.62 bits per heavy atom. The van der Waals surface area contributed by atoms with Gasteiger partial charge in [0.05, 0.1) is 5.02 Å². The summed E-state index contributed by atoms with van der Waals surface area (Å²) in [5.41, 5.74) is -0.382. The normalized spacial score (nSPS) is 10.5. The van der Waals surface area contributed by atoms with Crippen LogP contribution in [-0.4, -0.2) is 15.7 Å². The van der Waals surface area contributed by atoms with Crippen LogP contribution in [0.25, 0.3) is 0 Å². The second-order valence-corrected chi connectivity index (χ2v) is 3.61. The highest BCUT2D eigenvalue weighted by Crippen LogP contribution is 2.05. The second-order valence-electron chi connectivity index (χ2n) is 3.17. The van der Waals surface area contributed by atoms with Gasteiger partial charge in [-0.25, -0.2) is 4.98 Å². The zero-order chi connectivity index (χ0) is 9.90. The summed E-state index contributed by atoms with van der Waals surface area (Å²) in [5, 5.41) is 9.88. The van der Waals surface area contributed by atoms with Gasteiger partial charge in [0.2, 0.25) is 0 Å². The minimum Gasteiger partial charge on any atom is -0.378 e. The van der Waals surface area contributed by atoms with Crippen LogP contribution < -0.4 is 0 Å².